The molecule has 0 spiro atoms. The molecule has 0 aromatic rings. The summed E-state index contributed by atoms with van der Waals surface area (Å²) < 4.78 is 5.00. The van der Waals surface area contributed by atoms with E-state index in [0.29, 0.717) is 19.3 Å². The number of Topliss-reactive ketones (excluding diaryl/α,β-unsaturated/α-hetero) is 1. The Hall–Kier alpha value is 0.210. The van der Waals surface area contributed by atoms with Crippen molar-refractivity contribution in [1.82, 2.24) is 0 Å². The molecule has 18 heavy (non-hydrogen) atoms. The Balaban J connectivity index is 3.45. The Morgan fingerprint density at radius 1 is 1.22 bits per heavy atom. The highest BCUT2D eigenvalue weighted by Gasteiger charge is 2.10. The average Bonchev–Trinajstić information content (AvgIpc) is 2.36. The highest BCUT2D eigenvalue weighted by atomic mass is 33.1. The molecule has 0 amide bonds. The number of rotatable bonds is 12. The van der Waals surface area contributed by atoms with Gasteiger partial charge in [-0.1, -0.05) is 21.6 Å². The Morgan fingerprint density at radius 3 is 2.50 bits per heavy atom. The lowest BCUT2D eigenvalue weighted by Crippen LogP contribution is -2.24. The number of carbonyl (C=O) groups excluding carboxylic acids is 1. The van der Waals surface area contributed by atoms with Crippen LogP contribution in [0.3, 0.4) is 0 Å². The number of ether oxygens (including phenoxy) is 1. The number of hydrogen-bond donors (Lipinski definition) is 3. The van der Waals surface area contributed by atoms with Crippen LogP contribution in [0.25, 0.3) is 0 Å². The van der Waals surface area contributed by atoms with Gasteiger partial charge in [0.1, 0.15) is 11.9 Å². The summed E-state index contributed by atoms with van der Waals surface area (Å²) in [7, 11) is 3.28. The van der Waals surface area contributed by atoms with Gasteiger partial charge in [-0.3, -0.25) is 4.79 Å². The molecule has 7 heteroatoms. The van der Waals surface area contributed by atoms with Gasteiger partial charge in [-0.25, -0.2) is 0 Å². The van der Waals surface area contributed by atoms with Gasteiger partial charge in [0, 0.05) is 18.6 Å². The molecular formula is C11H22O5S2. The molecule has 0 aromatic carbocycles. The number of aliphatic hydroxyl groups excluding tert-OH is 3. The van der Waals surface area contributed by atoms with E-state index < -0.39 is 12.2 Å². The van der Waals surface area contributed by atoms with E-state index in [0.717, 1.165) is 5.75 Å². The maximum Gasteiger partial charge on any atom is 0.133 e. The second-order valence-electron chi connectivity index (χ2n) is 3.84. The van der Waals surface area contributed by atoms with Crippen LogP contribution in [-0.4, -0.2) is 65.1 Å². The maximum atomic E-state index is 11.4. The van der Waals surface area contributed by atoms with Gasteiger partial charge in [0.2, 0.25) is 0 Å². The van der Waals surface area contributed by atoms with E-state index in [1.165, 1.54) is 0 Å². The first kappa shape index (κ1) is 18.2. The van der Waals surface area contributed by atoms with Gasteiger partial charge in [-0.15, -0.1) is 0 Å². The summed E-state index contributed by atoms with van der Waals surface area (Å²) in [6, 6.07) is 0. The molecule has 3 N–H and O–H groups in total. The molecule has 0 radical (unpaired) electrons. The average molecular weight is 298 g/mol. The topological polar surface area (TPSA) is 87.0 Å². The Labute approximate surface area is 116 Å². The molecule has 0 fully saturated rings. The van der Waals surface area contributed by atoms with Gasteiger partial charge in [-0.05, 0) is 12.7 Å². The van der Waals surface area contributed by atoms with Gasteiger partial charge in [0.25, 0.3) is 0 Å². The van der Waals surface area contributed by atoms with Gasteiger partial charge in [0.15, 0.2) is 0 Å². The monoisotopic (exact) mass is 298 g/mol. The molecule has 2 unspecified atom stereocenters. The number of carbonyl (C=O) groups is 1. The van der Waals surface area contributed by atoms with Crippen LogP contribution in [0.15, 0.2) is 0 Å². The summed E-state index contributed by atoms with van der Waals surface area (Å²) in [4.78, 5) is 11.4. The van der Waals surface area contributed by atoms with Crippen molar-refractivity contribution in [1.29, 1.82) is 0 Å². The summed E-state index contributed by atoms with van der Waals surface area (Å²) in [5.41, 5.74) is 0. The first-order valence-electron chi connectivity index (χ1n) is 5.82. The summed E-state index contributed by atoms with van der Waals surface area (Å²) in [5, 5.41) is 27.1. The minimum atomic E-state index is -0.914. The zero-order chi connectivity index (χ0) is 13.8. The molecule has 0 aliphatic heterocycles. The van der Waals surface area contributed by atoms with Gasteiger partial charge in [0.05, 0.1) is 25.9 Å². The lowest BCUT2D eigenvalue weighted by Gasteiger charge is -2.12. The molecule has 5 nitrogen and oxygen atoms in total. The van der Waals surface area contributed by atoms with Crippen LogP contribution in [0.2, 0.25) is 0 Å². The van der Waals surface area contributed by atoms with E-state index in [1.54, 1.807) is 21.6 Å². The second-order valence-corrected chi connectivity index (χ2v) is 6.53. The zero-order valence-electron chi connectivity index (χ0n) is 10.6. The summed E-state index contributed by atoms with van der Waals surface area (Å²) in [6.07, 6.45) is 1.61. The second kappa shape index (κ2) is 12.3. The van der Waals surface area contributed by atoms with Gasteiger partial charge < -0.3 is 20.1 Å². The predicted molar refractivity (Wildman–Crippen MR) is 74.7 cm³/mol. The van der Waals surface area contributed by atoms with Crippen molar-refractivity contribution in [2.75, 3.05) is 31.8 Å². The van der Waals surface area contributed by atoms with Crippen LogP contribution in [0.5, 0.6) is 0 Å². The lowest BCUT2D eigenvalue weighted by atomic mass is 10.1. The van der Waals surface area contributed by atoms with Gasteiger partial charge >= 0.3 is 0 Å². The maximum absolute atomic E-state index is 11.4. The fraction of sp³-hybridized carbons (Fsp3) is 0.909. The molecule has 0 aliphatic rings. The van der Waals surface area contributed by atoms with Crippen LogP contribution in [0.4, 0.5) is 0 Å². The summed E-state index contributed by atoms with van der Waals surface area (Å²) in [5.74, 6) is 0.945. The van der Waals surface area contributed by atoms with E-state index in [1.807, 2.05) is 6.26 Å². The minimum absolute atomic E-state index is 0.00807. The molecule has 2 atom stereocenters. The molecular weight excluding hydrogens is 276 g/mol. The highest BCUT2D eigenvalue weighted by Crippen LogP contribution is 2.18. The number of aliphatic hydroxyl groups is 3. The SMILES string of the molecule is CSSCCC(=O)CCC(O)COCC(O)CO. The third-order valence-electron chi connectivity index (χ3n) is 2.17. The van der Waals surface area contributed by atoms with E-state index in [9.17, 15) is 9.90 Å². The zero-order valence-corrected chi connectivity index (χ0v) is 12.2. The largest absolute Gasteiger partial charge is 0.394 e. The Bertz CT molecular complexity index is 216. The van der Waals surface area contributed by atoms with Crippen LogP contribution in [0, 0.1) is 0 Å². The van der Waals surface area contributed by atoms with E-state index in [-0.39, 0.29) is 25.6 Å². The van der Waals surface area contributed by atoms with Crippen molar-refractivity contribution < 1.29 is 24.9 Å². The lowest BCUT2D eigenvalue weighted by molar-refractivity contribution is -0.119. The normalized spacial score (nSPS) is 14.4. The number of hydrogen-bond acceptors (Lipinski definition) is 7. The van der Waals surface area contributed by atoms with Crippen molar-refractivity contribution in [2.45, 2.75) is 31.5 Å². The van der Waals surface area contributed by atoms with Crippen molar-refractivity contribution >= 4 is 27.4 Å². The van der Waals surface area contributed by atoms with E-state index in [4.69, 9.17) is 14.9 Å². The van der Waals surface area contributed by atoms with E-state index >= 15 is 0 Å². The molecule has 0 heterocycles. The van der Waals surface area contributed by atoms with Crippen molar-refractivity contribution in [2.24, 2.45) is 0 Å². The number of ketones is 1. The van der Waals surface area contributed by atoms with Crippen LogP contribution in [-0.2, 0) is 9.53 Å². The highest BCUT2D eigenvalue weighted by molar-refractivity contribution is 8.76. The molecule has 0 bridgehead atoms. The third-order valence-corrected chi connectivity index (χ3v) is 3.98. The first-order chi connectivity index (χ1) is 8.60. The van der Waals surface area contributed by atoms with E-state index in [2.05, 4.69) is 0 Å². The summed E-state index contributed by atoms with van der Waals surface area (Å²) >= 11 is 0. The van der Waals surface area contributed by atoms with Crippen molar-refractivity contribution in [3.63, 3.8) is 0 Å². The molecule has 0 rings (SSSR count). The molecule has 0 saturated carbocycles. The Kier molecular flexibility index (Phi) is 12.4. The van der Waals surface area contributed by atoms with Gasteiger partial charge in [-0.2, -0.15) is 0 Å². The molecule has 108 valence electrons. The minimum Gasteiger partial charge on any atom is -0.394 e. The fourth-order valence-corrected chi connectivity index (χ4v) is 2.40. The third kappa shape index (κ3) is 11.3. The predicted octanol–water partition coefficient (Wildman–Crippen LogP) is 0.468. The van der Waals surface area contributed by atoms with Crippen LogP contribution >= 0.6 is 21.6 Å². The summed E-state index contributed by atoms with van der Waals surface area (Å²) in [6.45, 7) is -0.294. The fourth-order valence-electron chi connectivity index (χ4n) is 1.17. The molecule has 0 saturated heterocycles. The quantitative estimate of drug-likeness (QED) is 0.356. The van der Waals surface area contributed by atoms with Crippen molar-refractivity contribution in [3.05, 3.63) is 0 Å². The Morgan fingerprint density at radius 2 is 1.89 bits per heavy atom. The van der Waals surface area contributed by atoms with Crippen LogP contribution in [0.1, 0.15) is 19.3 Å². The standard InChI is InChI=1S/C11H22O5S2/c1-17-18-5-4-9(13)2-3-10(14)7-16-8-11(15)6-12/h10-12,14-15H,2-8H2,1H3. The van der Waals surface area contributed by atoms with Crippen LogP contribution < -0.4 is 0 Å². The molecule has 0 aromatic heterocycles. The van der Waals surface area contributed by atoms with Crippen molar-refractivity contribution in [3.8, 4) is 0 Å². The first-order valence-corrected chi connectivity index (χ1v) is 8.54. The smallest absolute Gasteiger partial charge is 0.133 e. The molecule has 0 aliphatic carbocycles.